The van der Waals surface area contributed by atoms with Crippen molar-refractivity contribution < 1.29 is 9.13 Å². The van der Waals surface area contributed by atoms with Gasteiger partial charge in [-0.2, -0.15) is 5.10 Å². The van der Waals surface area contributed by atoms with Gasteiger partial charge in [-0.1, -0.05) is 17.3 Å². The number of rotatable bonds is 6. The first-order chi connectivity index (χ1) is 15.6. The number of benzene rings is 2. The molecule has 0 spiro atoms. The third kappa shape index (κ3) is 3.73. The summed E-state index contributed by atoms with van der Waals surface area (Å²) in [4.78, 5) is 8.87. The lowest BCUT2D eigenvalue weighted by molar-refractivity contribution is 0.386. The number of nitrogens with zero attached hydrogens (tertiary/aromatic N) is 7. The third-order valence-electron chi connectivity index (χ3n) is 5.07. The Morgan fingerprint density at radius 2 is 1.97 bits per heavy atom. The van der Waals surface area contributed by atoms with Gasteiger partial charge < -0.3 is 10.1 Å². The van der Waals surface area contributed by atoms with E-state index in [0.717, 1.165) is 33.7 Å². The fraction of sp³-hybridized carbons (Fsp3) is 0.136. The molecule has 5 rings (SSSR count). The van der Waals surface area contributed by atoms with Crippen LogP contribution in [0.1, 0.15) is 5.56 Å². The fourth-order valence-electron chi connectivity index (χ4n) is 3.42. The van der Waals surface area contributed by atoms with E-state index in [9.17, 15) is 4.39 Å². The second-order valence-electron chi connectivity index (χ2n) is 7.15. The molecule has 32 heavy (non-hydrogen) atoms. The number of aromatic nitrogens is 7. The molecule has 0 aliphatic heterocycles. The molecule has 0 radical (unpaired) electrons. The van der Waals surface area contributed by atoms with E-state index in [4.69, 9.17) is 4.74 Å². The lowest BCUT2D eigenvalue weighted by Gasteiger charge is -2.07. The van der Waals surface area contributed by atoms with Crippen LogP contribution in [0.15, 0.2) is 60.9 Å². The largest absolute Gasteiger partial charge is 0.494 e. The molecule has 0 saturated carbocycles. The quantitative estimate of drug-likeness (QED) is 0.440. The maximum atomic E-state index is 14.0. The van der Waals surface area contributed by atoms with Crippen LogP contribution < -0.4 is 10.1 Å². The molecular formula is C22H19FN8O. The van der Waals surface area contributed by atoms with Crippen LogP contribution in [0, 0.1) is 5.82 Å². The summed E-state index contributed by atoms with van der Waals surface area (Å²) in [7, 11) is 3.28. The highest BCUT2D eigenvalue weighted by atomic mass is 19.1. The summed E-state index contributed by atoms with van der Waals surface area (Å²) in [5, 5.41) is 15.8. The lowest BCUT2D eigenvalue weighted by Crippen LogP contribution is -2.03. The Hall–Kier alpha value is -4.34. The van der Waals surface area contributed by atoms with Gasteiger partial charge in [-0.15, -0.1) is 5.10 Å². The van der Waals surface area contributed by atoms with E-state index in [1.54, 1.807) is 27.8 Å². The van der Waals surface area contributed by atoms with Crippen molar-refractivity contribution in [2.45, 2.75) is 6.54 Å². The Balaban J connectivity index is 1.41. The highest BCUT2D eigenvalue weighted by Gasteiger charge is 2.11. The molecule has 0 fully saturated rings. The number of anilines is 2. The molecule has 1 N–H and O–H groups in total. The minimum absolute atomic E-state index is 0.212. The van der Waals surface area contributed by atoms with Crippen LogP contribution in [0.2, 0.25) is 0 Å². The summed E-state index contributed by atoms with van der Waals surface area (Å²) in [5.74, 6) is 1.06. The molecule has 0 aliphatic carbocycles. The van der Waals surface area contributed by atoms with Crippen molar-refractivity contribution >= 4 is 22.8 Å². The van der Waals surface area contributed by atoms with E-state index >= 15 is 0 Å². The Bertz CT molecular complexity index is 1410. The van der Waals surface area contributed by atoms with Crippen molar-refractivity contribution in [3.05, 3.63) is 72.3 Å². The number of halogens is 1. The zero-order valence-corrected chi connectivity index (χ0v) is 17.4. The standard InChI is InChI=1S/C22H19FN8O/c1-30-21(8-10-25-30)27-22-24-9-7-17(26-22)15-4-5-19-18(12-15)28-29-31(19)13-14-3-6-20(32-2)16(23)11-14/h3-12H,13H2,1-2H3,(H,24,26,27). The number of aryl methyl sites for hydroxylation is 1. The number of fused-ring (bicyclic) bond motifs is 1. The second-order valence-corrected chi connectivity index (χ2v) is 7.15. The summed E-state index contributed by atoms with van der Waals surface area (Å²) in [6.45, 7) is 0.392. The second kappa shape index (κ2) is 8.06. The van der Waals surface area contributed by atoms with Crippen LogP contribution in [0.25, 0.3) is 22.3 Å². The topological polar surface area (TPSA) is 95.6 Å². The van der Waals surface area contributed by atoms with Crippen LogP contribution in [-0.2, 0) is 13.6 Å². The van der Waals surface area contributed by atoms with Crippen molar-refractivity contribution in [2.75, 3.05) is 12.4 Å². The third-order valence-corrected chi connectivity index (χ3v) is 5.07. The Kier molecular flexibility index (Phi) is 4.94. The summed E-state index contributed by atoms with van der Waals surface area (Å²) >= 11 is 0. The molecule has 3 heterocycles. The van der Waals surface area contributed by atoms with Gasteiger partial charge in [0.15, 0.2) is 11.6 Å². The van der Waals surface area contributed by atoms with Crippen molar-refractivity contribution in [3.8, 4) is 17.0 Å². The Labute approximate surface area is 182 Å². The zero-order valence-electron chi connectivity index (χ0n) is 17.4. The maximum Gasteiger partial charge on any atom is 0.228 e. The molecule has 0 unspecified atom stereocenters. The van der Waals surface area contributed by atoms with Crippen molar-refractivity contribution in [3.63, 3.8) is 0 Å². The van der Waals surface area contributed by atoms with E-state index in [1.807, 2.05) is 43.4 Å². The van der Waals surface area contributed by atoms with E-state index in [0.29, 0.717) is 12.5 Å². The molecule has 5 aromatic rings. The van der Waals surface area contributed by atoms with Crippen LogP contribution in [0.5, 0.6) is 5.75 Å². The molecule has 3 aromatic heterocycles. The molecule has 10 heteroatoms. The molecule has 0 aliphatic rings. The number of hydrogen-bond acceptors (Lipinski definition) is 7. The van der Waals surface area contributed by atoms with Crippen molar-refractivity contribution in [1.82, 2.24) is 34.7 Å². The van der Waals surface area contributed by atoms with Gasteiger partial charge in [-0.25, -0.2) is 19.0 Å². The van der Waals surface area contributed by atoms with E-state index in [2.05, 4.69) is 30.7 Å². The fourth-order valence-corrected chi connectivity index (χ4v) is 3.42. The number of hydrogen-bond donors (Lipinski definition) is 1. The minimum atomic E-state index is -0.406. The van der Waals surface area contributed by atoms with E-state index in [-0.39, 0.29) is 5.75 Å². The summed E-state index contributed by atoms with van der Waals surface area (Å²) < 4.78 is 22.4. The number of ether oxygens (including phenoxy) is 1. The first kappa shape index (κ1) is 19.6. The molecule has 0 atom stereocenters. The van der Waals surface area contributed by atoms with Gasteiger partial charge >= 0.3 is 0 Å². The van der Waals surface area contributed by atoms with Crippen LogP contribution in [-0.4, -0.2) is 41.9 Å². The van der Waals surface area contributed by atoms with Crippen LogP contribution in [0.3, 0.4) is 0 Å². The summed E-state index contributed by atoms with van der Waals surface area (Å²) in [6.07, 6.45) is 3.39. The van der Waals surface area contributed by atoms with Crippen LogP contribution in [0.4, 0.5) is 16.2 Å². The molecule has 0 amide bonds. The first-order valence-electron chi connectivity index (χ1n) is 9.85. The number of methoxy groups -OCH3 is 1. The van der Waals surface area contributed by atoms with Gasteiger partial charge in [-0.05, 0) is 35.9 Å². The minimum Gasteiger partial charge on any atom is -0.494 e. The van der Waals surface area contributed by atoms with Gasteiger partial charge in [0.05, 0.1) is 31.1 Å². The normalized spacial score (nSPS) is 11.1. The van der Waals surface area contributed by atoms with Crippen molar-refractivity contribution in [2.24, 2.45) is 7.05 Å². The monoisotopic (exact) mass is 430 g/mol. The molecule has 160 valence electrons. The Morgan fingerprint density at radius 3 is 2.75 bits per heavy atom. The molecule has 2 aromatic carbocycles. The maximum absolute atomic E-state index is 14.0. The van der Waals surface area contributed by atoms with Gasteiger partial charge in [0.2, 0.25) is 5.95 Å². The first-order valence-corrected chi connectivity index (χ1v) is 9.85. The molecule has 0 bridgehead atoms. The van der Waals surface area contributed by atoms with E-state index < -0.39 is 5.82 Å². The van der Waals surface area contributed by atoms with Gasteiger partial charge in [0.1, 0.15) is 11.3 Å². The average Bonchev–Trinajstić information content (AvgIpc) is 3.39. The highest BCUT2D eigenvalue weighted by molar-refractivity contribution is 5.80. The van der Waals surface area contributed by atoms with Gasteiger partial charge in [0.25, 0.3) is 0 Å². The zero-order chi connectivity index (χ0) is 22.1. The predicted octanol–water partition coefficient (Wildman–Crippen LogP) is 3.56. The van der Waals surface area contributed by atoms with E-state index in [1.165, 1.54) is 13.2 Å². The van der Waals surface area contributed by atoms with Gasteiger partial charge in [0, 0.05) is 24.9 Å². The van der Waals surface area contributed by atoms with Gasteiger partial charge in [-0.3, -0.25) is 4.68 Å². The predicted molar refractivity (Wildman–Crippen MR) is 117 cm³/mol. The van der Waals surface area contributed by atoms with Crippen LogP contribution >= 0.6 is 0 Å². The molecule has 0 saturated heterocycles. The van der Waals surface area contributed by atoms with Crippen molar-refractivity contribution in [1.29, 1.82) is 0 Å². The summed E-state index contributed by atoms with van der Waals surface area (Å²) in [5.41, 5.74) is 3.96. The smallest absolute Gasteiger partial charge is 0.228 e. The lowest BCUT2D eigenvalue weighted by atomic mass is 10.1. The molecular weight excluding hydrogens is 411 g/mol. The summed E-state index contributed by atoms with van der Waals surface area (Å²) in [6, 6.07) is 14.3. The Morgan fingerprint density at radius 1 is 1.06 bits per heavy atom. The SMILES string of the molecule is COc1ccc(Cn2nnc3cc(-c4ccnc(Nc5ccnn5C)n4)ccc32)cc1F. The average molecular weight is 430 g/mol. The highest BCUT2D eigenvalue weighted by Crippen LogP contribution is 2.24. The number of nitrogens with one attached hydrogen (secondary N) is 1. The molecule has 9 nitrogen and oxygen atoms in total.